The third-order valence-corrected chi connectivity index (χ3v) is 2.50. The van der Waals surface area contributed by atoms with Gasteiger partial charge in [0.2, 0.25) is 0 Å². The van der Waals surface area contributed by atoms with E-state index < -0.39 is 0 Å². The van der Waals surface area contributed by atoms with Crippen LogP contribution in [0.15, 0.2) is 0 Å². The van der Waals surface area contributed by atoms with Gasteiger partial charge >= 0.3 is 0 Å². The van der Waals surface area contributed by atoms with Crippen molar-refractivity contribution in [2.75, 3.05) is 40.3 Å². The Hall–Kier alpha value is -0.0800. The molecule has 0 aromatic carbocycles. The first-order chi connectivity index (χ1) is 7.20. The lowest BCUT2D eigenvalue weighted by Crippen LogP contribution is -2.32. The van der Waals surface area contributed by atoms with Gasteiger partial charge in [-0.05, 0) is 44.9 Å². The van der Waals surface area contributed by atoms with E-state index in [1.54, 1.807) is 0 Å². The minimum absolute atomic E-state index is 0.415. The van der Waals surface area contributed by atoms with Gasteiger partial charge in [0, 0.05) is 13.1 Å². The maximum Gasteiger partial charge on any atom is 0.00270 e. The molecule has 0 aliphatic heterocycles. The Balaban J connectivity index is 3.58. The highest BCUT2D eigenvalue weighted by Crippen LogP contribution is 2.14. The van der Waals surface area contributed by atoms with Crippen LogP contribution in [0.4, 0.5) is 0 Å². The first kappa shape index (κ1) is 15.9. The van der Waals surface area contributed by atoms with Crippen LogP contribution >= 0.6 is 0 Å². The molecule has 0 saturated carbocycles. The van der Waals surface area contributed by atoms with E-state index in [0.29, 0.717) is 5.41 Å². The van der Waals surface area contributed by atoms with Gasteiger partial charge in [0.15, 0.2) is 0 Å². The van der Waals surface area contributed by atoms with Crippen LogP contribution in [0.3, 0.4) is 0 Å². The molecule has 0 aliphatic rings. The van der Waals surface area contributed by atoms with E-state index in [1.807, 2.05) is 0 Å². The molecule has 0 aliphatic carbocycles. The van der Waals surface area contributed by atoms with Crippen LogP contribution in [-0.4, -0.2) is 50.1 Å². The molecule has 2 heteroatoms. The van der Waals surface area contributed by atoms with Gasteiger partial charge in [0.1, 0.15) is 0 Å². The second-order valence-electron chi connectivity index (χ2n) is 6.81. The van der Waals surface area contributed by atoms with Crippen molar-refractivity contribution in [3.8, 4) is 0 Å². The molecule has 0 aromatic heterocycles. The van der Waals surface area contributed by atoms with Crippen LogP contribution in [0.1, 0.15) is 41.0 Å². The SMILES string of the molecule is CC(C)CN(C)CCCN(C)CC(C)(C)C. The van der Waals surface area contributed by atoms with E-state index in [9.17, 15) is 0 Å². The van der Waals surface area contributed by atoms with Crippen LogP contribution in [0.2, 0.25) is 0 Å². The summed E-state index contributed by atoms with van der Waals surface area (Å²) in [5.41, 5.74) is 0.415. The lowest BCUT2D eigenvalue weighted by Gasteiger charge is -2.27. The van der Waals surface area contributed by atoms with E-state index >= 15 is 0 Å². The first-order valence-corrected chi connectivity index (χ1v) is 6.58. The molecular weight excluding hydrogens is 196 g/mol. The van der Waals surface area contributed by atoms with Gasteiger partial charge in [0.05, 0.1) is 0 Å². The van der Waals surface area contributed by atoms with Crippen LogP contribution in [0.5, 0.6) is 0 Å². The zero-order valence-corrected chi connectivity index (χ0v) is 12.5. The molecule has 98 valence electrons. The van der Waals surface area contributed by atoms with Crippen molar-refractivity contribution in [2.24, 2.45) is 11.3 Å². The Morgan fingerprint density at radius 2 is 1.44 bits per heavy atom. The molecule has 0 radical (unpaired) electrons. The van der Waals surface area contributed by atoms with Crippen LogP contribution in [0.25, 0.3) is 0 Å². The smallest absolute Gasteiger partial charge is 0.00270 e. The Bertz CT molecular complexity index is 170. The summed E-state index contributed by atoms with van der Waals surface area (Å²) < 4.78 is 0. The van der Waals surface area contributed by atoms with Crippen molar-refractivity contribution >= 4 is 0 Å². The average molecular weight is 228 g/mol. The molecule has 0 heterocycles. The molecule has 0 aromatic rings. The maximum absolute atomic E-state index is 2.45. The van der Waals surface area contributed by atoms with E-state index in [2.05, 4.69) is 58.5 Å². The monoisotopic (exact) mass is 228 g/mol. The molecular formula is C14H32N2. The third kappa shape index (κ3) is 10.4. The van der Waals surface area contributed by atoms with Crippen molar-refractivity contribution in [1.29, 1.82) is 0 Å². The number of nitrogens with zero attached hydrogens (tertiary/aromatic N) is 2. The molecule has 0 fully saturated rings. The van der Waals surface area contributed by atoms with Crippen molar-refractivity contribution in [3.05, 3.63) is 0 Å². The highest BCUT2D eigenvalue weighted by Gasteiger charge is 2.13. The summed E-state index contributed by atoms with van der Waals surface area (Å²) in [6.07, 6.45) is 1.27. The fourth-order valence-corrected chi connectivity index (χ4v) is 2.21. The fraction of sp³-hybridized carbons (Fsp3) is 1.00. The van der Waals surface area contributed by atoms with E-state index in [4.69, 9.17) is 0 Å². The van der Waals surface area contributed by atoms with E-state index in [-0.39, 0.29) is 0 Å². The van der Waals surface area contributed by atoms with Gasteiger partial charge in [-0.3, -0.25) is 0 Å². The minimum atomic E-state index is 0.415. The molecule has 0 atom stereocenters. The predicted octanol–water partition coefficient (Wildman–Crippen LogP) is 2.94. The standard InChI is InChI=1S/C14H32N2/c1-13(2)11-15(6)9-8-10-16(7)12-14(3,4)5/h13H,8-12H2,1-7H3. The van der Waals surface area contributed by atoms with Crippen molar-refractivity contribution in [3.63, 3.8) is 0 Å². The van der Waals surface area contributed by atoms with Gasteiger partial charge in [0.25, 0.3) is 0 Å². The zero-order valence-electron chi connectivity index (χ0n) is 12.5. The quantitative estimate of drug-likeness (QED) is 0.661. The molecule has 0 bridgehead atoms. The molecule has 0 spiro atoms. The second-order valence-corrected chi connectivity index (χ2v) is 6.81. The number of hydrogen-bond donors (Lipinski definition) is 0. The summed E-state index contributed by atoms with van der Waals surface area (Å²) in [7, 11) is 4.46. The molecule has 2 nitrogen and oxygen atoms in total. The predicted molar refractivity (Wildman–Crippen MR) is 73.9 cm³/mol. The van der Waals surface area contributed by atoms with E-state index in [0.717, 1.165) is 5.92 Å². The van der Waals surface area contributed by atoms with Crippen LogP contribution in [-0.2, 0) is 0 Å². The van der Waals surface area contributed by atoms with E-state index in [1.165, 1.54) is 32.6 Å². The lowest BCUT2D eigenvalue weighted by atomic mass is 9.96. The Labute approximate surface area is 103 Å². The minimum Gasteiger partial charge on any atom is -0.306 e. The van der Waals surface area contributed by atoms with Gasteiger partial charge in [-0.15, -0.1) is 0 Å². The molecule has 0 unspecified atom stereocenters. The van der Waals surface area contributed by atoms with Crippen molar-refractivity contribution < 1.29 is 0 Å². The largest absolute Gasteiger partial charge is 0.306 e. The fourth-order valence-electron chi connectivity index (χ4n) is 2.21. The van der Waals surface area contributed by atoms with Gasteiger partial charge in [-0.1, -0.05) is 34.6 Å². The highest BCUT2D eigenvalue weighted by atomic mass is 15.1. The maximum atomic E-state index is 2.45. The molecule has 0 rings (SSSR count). The first-order valence-electron chi connectivity index (χ1n) is 6.58. The van der Waals surface area contributed by atoms with Crippen LogP contribution < -0.4 is 0 Å². The summed E-state index contributed by atoms with van der Waals surface area (Å²) in [5.74, 6) is 0.775. The Morgan fingerprint density at radius 1 is 0.938 bits per heavy atom. The summed E-state index contributed by atoms with van der Waals surface area (Å²) in [6.45, 7) is 16.3. The number of hydrogen-bond acceptors (Lipinski definition) is 2. The second kappa shape index (κ2) is 7.29. The summed E-state index contributed by atoms with van der Waals surface area (Å²) in [4.78, 5) is 4.89. The molecule has 0 saturated heterocycles. The van der Waals surface area contributed by atoms with Gasteiger partial charge in [-0.2, -0.15) is 0 Å². The summed E-state index contributed by atoms with van der Waals surface area (Å²) in [5, 5.41) is 0. The van der Waals surface area contributed by atoms with Gasteiger partial charge in [-0.25, -0.2) is 0 Å². The Kier molecular flexibility index (Phi) is 7.25. The summed E-state index contributed by atoms with van der Waals surface area (Å²) >= 11 is 0. The molecule has 0 amide bonds. The highest BCUT2D eigenvalue weighted by molar-refractivity contribution is 4.67. The topological polar surface area (TPSA) is 6.48 Å². The lowest BCUT2D eigenvalue weighted by molar-refractivity contribution is 0.209. The van der Waals surface area contributed by atoms with Crippen LogP contribution in [0, 0.1) is 11.3 Å². The number of rotatable bonds is 7. The molecule has 16 heavy (non-hydrogen) atoms. The Morgan fingerprint density at radius 3 is 1.88 bits per heavy atom. The normalized spacial score (nSPS) is 13.1. The average Bonchev–Trinajstić information content (AvgIpc) is 1.98. The summed E-state index contributed by atoms with van der Waals surface area (Å²) in [6, 6.07) is 0. The van der Waals surface area contributed by atoms with Crippen molar-refractivity contribution in [2.45, 2.75) is 41.0 Å². The zero-order chi connectivity index (χ0) is 12.8. The van der Waals surface area contributed by atoms with Gasteiger partial charge < -0.3 is 9.80 Å². The third-order valence-electron chi connectivity index (χ3n) is 2.50. The molecule has 0 N–H and O–H groups in total. The van der Waals surface area contributed by atoms with Crippen molar-refractivity contribution in [1.82, 2.24) is 9.80 Å².